The van der Waals surface area contributed by atoms with Gasteiger partial charge in [-0.25, -0.2) is 0 Å². The lowest BCUT2D eigenvalue weighted by Crippen LogP contribution is -3.29. The molecule has 0 spiro atoms. The SMILES string of the molecule is O=C1C[C@H]([NH+]2CC[NH+](Cc3ccccc3)CC2)C(=O)N1CCc1ccccc1. The smallest absolute Gasteiger partial charge is 0.288 e. The van der Waals surface area contributed by atoms with Crippen LogP contribution < -0.4 is 9.80 Å². The van der Waals surface area contributed by atoms with E-state index >= 15 is 0 Å². The molecule has 5 nitrogen and oxygen atoms in total. The first kappa shape index (κ1) is 18.8. The number of hydrogen-bond acceptors (Lipinski definition) is 2. The monoisotopic (exact) mass is 379 g/mol. The van der Waals surface area contributed by atoms with Gasteiger partial charge in [-0.3, -0.25) is 14.5 Å². The second-order valence-corrected chi connectivity index (χ2v) is 7.95. The van der Waals surface area contributed by atoms with Crippen molar-refractivity contribution in [3.05, 3.63) is 71.8 Å². The summed E-state index contributed by atoms with van der Waals surface area (Å²) in [6, 6.07) is 20.5. The zero-order valence-electron chi connectivity index (χ0n) is 16.3. The molecule has 2 N–H and O–H groups in total. The van der Waals surface area contributed by atoms with Gasteiger partial charge in [0.1, 0.15) is 32.7 Å². The van der Waals surface area contributed by atoms with Gasteiger partial charge in [-0.1, -0.05) is 60.7 Å². The molecule has 2 aromatic carbocycles. The number of likely N-dealkylation sites (tertiary alicyclic amines) is 1. The lowest BCUT2D eigenvalue weighted by atomic mass is 10.1. The van der Waals surface area contributed by atoms with Crippen molar-refractivity contribution in [3.8, 4) is 0 Å². The molecule has 2 saturated heterocycles. The van der Waals surface area contributed by atoms with Crippen molar-refractivity contribution in [2.75, 3.05) is 32.7 Å². The van der Waals surface area contributed by atoms with E-state index in [1.807, 2.05) is 36.4 Å². The standard InChI is InChI=1S/C23H27N3O2/c27-22-17-21(23(28)26(22)12-11-19-7-3-1-4-8-19)25-15-13-24(14-16-25)18-20-9-5-2-6-10-20/h1-10,21H,11-18H2/p+2/t21-/m0/s1. The van der Waals surface area contributed by atoms with Crippen molar-refractivity contribution < 1.29 is 19.4 Å². The van der Waals surface area contributed by atoms with Gasteiger partial charge in [0.25, 0.3) is 5.91 Å². The highest BCUT2D eigenvalue weighted by atomic mass is 16.2. The third kappa shape index (κ3) is 4.32. The molecule has 0 aromatic heterocycles. The first-order valence-electron chi connectivity index (χ1n) is 10.3. The molecule has 2 aromatic rings. The van der Waals surface area contributed by atoms with Crippen LogP contribution in [0.3, 0.4) is 0 Å². The summed E-state index contributed by atoms with van der Waals surface area (Å²) in [5, 5.41) is 0. The average Bonchev–Trinajstić information content (AvgIpc) is 3.02. The summed E-state index contributed by atoms with van der Waals surface area (Å²) in [6.45, 7) is 5.54. The maximum atomic E-state index is 12.9. The molecule has 0 radical (unpaired) electrons. The second kappa shape index (κ2) is 8.67. The Morgan fingerprint density at radius 3 is 2.07 bits per heavy atom. The van der Waals surface area contributed by atoms with Gasteiger partial charge < -0.3 is 9.80 Å². The van der Waals surface area contributed by atoms with Crippen LogP contribution in [0.15, 0.2) is 60.7 Å². The molecule has 1 atom stereocenters. The fourth-order valence-corrected chi connectivity index (χ4v) is 4.46. The first-order valence-corrected chi connectivity index (χ1v) is 10.3. The Morgan fingerprint density at radius 2 is 1.43 bits per heavy atom. The number of benzene rings is 2. The van der Waals surface area contributed by atoms with E-state index in [4.69, 9.17) is 0 Å². The van der Waals surface area contributed by atoms with Crippen LogP contribution in [-0.4, -0.2) is 55.5 Å². The highest BCUT2D eigenvalue weighted by Crippen LogP contribution is 2.12. The normalized spacial score (nSPS) is 25.3. The van der Waals surface area contributed by atoms with E-state index in [-0.39, 0.29) is 17.9 Å². The first-order chi connectivity index (χ1) is 13.7. The van der Waals surface area contributed by atoms with Crippen LogP contribution in [0.4, 0.5) is 0 Å². The number of nitrogens with one attached hydrogen (secondary N) is 2. The van der Waals surface area contributed by atoms with Gasteiger partial charge in [-0.2, -0.15) is 0 Å². The molecule has 2 heterocycles. The Hall–Kier alpha value is -2.50. The van der Waals surface area contributed by atoms with E-state index in [9.17, 15) is 9.59 Å². The topological polar surface area (TPSA) is 46.3 Å². The number of nitrogens with zero attached hydrogens (tertiary/aromatic N) is 1. The number of imide groups is 1. The Morgan fingerprint density at radius 1 is 0.821 bits per heavy atom. The van der Waals surface area contributed by atoms with Crippen molar-refractivity contribution in [1.82, 2.24) is 4.90 Å². The van der Waals surface area contributed by atoms with Crippen LogP contribution in [0.1, 0.15) is 17.5 Å². The zero-order valence-corrected chi connectivity index (χ0v) is 16.3. The highest BCUT2D eigenvalue weighted by Gasteiger charge is 2.45. The fourth-order valence-electron chi connectivity index (χ4n) is 4.46. The summed E-state index contributed by atoms with van der Waals surface area (Å²) < 4.78 is 0. The third-order valence-electron chi connectivity index (χ3n) is 6.10. The molecule has 2 aliphatic rings. The molecular weight excluding hydrogens is 350 g/mol. The minimum absolute atomic E-state index is 0.00232. The summed E-state index contributed by atoms with van der Waals surface area (Å²) >= 11 is 0. The van der Waals surface area contributed by atoms with Gasteiger partial charge in [-0.15, -0.1) is 0 Å². The number of carbonyl (C=O) groups excluding carboxylic acids is 2. The lowest BCUT2D eigenvalue weighted by Gasteiger charge is -2.32. The quantitative estimate of drug-likeness (QED) is 0.655. The molecule has 0 aliphatic carbocycles. The molecule has 4 rings (SSSR count). The van der Waals surface area contributed by atoms with E-state index in [2.05, 4.69) is 24.3 Å². The molecule has 5 heteroatoms. The number of quaternary nitrogens is 2. The van der Waals surface area contributed by atoms with Gasteiger partial charge in [0.05, 0.1) is 6.42 Å². The fraction of sp³-hybridized carbons (Fsp3) is 0.391. The van der Waals surface area contributed by atoms with Gasteiger partial charge in [0.15, 0.2) is 6.04 Å². The molecule has 2 aliphatic heterocycles. The number of rotatable bonds is 6. The van der Waals surface area contributed by atoms with Crippen LogP contribution in [0.5, 0.6) is 0 Å². The van der Waals surface area contributed by atoms with Gasteiger partial charge >= 0.3 is 0 Å². The van der Waals surface area contributed by atoms with Gasteiger partial charge in [-0.05, 0) is 12.0 Å². The Balaban J connectivity index is 1.29. The van der Waals surface area contributed by atoms with E-state index in [1.54, 1.807) is 4.90 Å². The van der Waals surface area contributed by atoms with E-state index < -0.39 is 0 Å². The zero-order chi connectivity index (χ0) is 19.3. The average molecular weight is 380 g/mol. The molecule has 0 saturated carbocycles. The minimum Gasteiger partial charge on any atom is -0.322 e. The van der Waals surface area contributed by atoms with Crippen LogP contribution in [0.25, 0.3) is 0 Å². The number of carbonyl (C=O) groups is 2. The summed E-state index contributed by atoms with van der Waals surface area (Å²) in [7, 11) is 0. The van der Waals surface area contributed by atoms with Crippen molar-refractivity contribution in [2.45, 2.75) is 25.4 Å². The van der Waals surface area contributed by atoms with E-state index in [0.717, 1.165) is 44.7 Å². The van der Waals surface area contributed by atoms with Crippen molar-refractivity contribution >= 4 is 11.8 Å². The minimum atomic E-state index is -0.179. The summed E-state index contributed by atoms with van der Waals surface area (Å²) in [6.07, 6.45) is 1.10. The summed E-state index contributed by atoms with van der Waals surface area (Å²) in [5.41, 5.74) is 2.53. The molecule has 0 unspecified atom stereocenters. The molecule has 146 valence electrons. The predicted octanol–water partition coefficient (Wildman–Crippen LogP) is -0.660. The maximum Gasteiger partial charge on any atom is 0.288 e. The summed E-state index contributed by atoms with van der Waals surface area (Å²) in [4.78, 5) is 29.7. The van der Waals surface area contributed by atoms with Crippen molar-refractivity contribution in [3.63, 3.8) is 0 Å². The lowest BCUT2D eigenvalue weighted by molar-refractivity contribution is -1.02. The van der Waals surface area contributed by atoms with Crippen LogP contribution in [0, 0.1) is 0 Å². The predicted molar refractivity (Wildman–Crippen MR) is 107 cm³/mol. The second-order valence-electron chi connectivity index (χ2n) is 7.95. The van der Waals surface area contributed by atoms with Crippen molar-refractivity contribution in [2.24, 2.45) is 0 Å². The van der Waals surface area contributed by atoms with Gasteiger partial charge in [0.2, 0.25) is 5.91 Å². The number of amides is 2. The largest absolute Gasteiger partial charge is 0.322 e. The third-order valence-corrected chi connectivity index (χ3v) is 6.10. The van der Waals surface area contributed by atoms with E-state index in [1.165, 1.54) is 15.4 Å². The highest BCUT2D eigenvalue weighted by molar-refractivity contribution is 6.04. The molecule has 2 fully saturated rings. The van der Waals surface area contributed by atoms with Crippen molar-refractivity contribution in [1.29, 1.82) is 0 Å². The molecular formula is C23H29N3O2+2. The van der Waals surface area contributed by atoms with Crippen LogP contribution >= 0.6 is 0 Å². The Bertz CT molecular complexity index is 801. The number of hydrogen-bond donors (Lipinski definition) is 2. The maximum absolute atomic E-state index is 12.9. The van der Waals surface area contributed by atoms with E-state index in [0.29, 0.717) is 13.0 Å². The molecule has 2 amide bonds. The molecule has 0 bridgehead atoms. The Kier molecular flexibility index (Phi) is 5.84. The van der Waals surface area contributed by atoms with Crippen LogP contribution in [-0.2, 0) is 22.6 Å². The van der Waals surface area contributed by atoms with Gasteiger partial charge in [0, 0.05) is 12.1 Å². The Labute approximate surface area is 166 Å². The summed E-state index contributed by atoms with van der Waals surface area (Å²) in [5.74, 6) is 0.0277. The van der Waals surface area contributed by atoms with Crippen LogP contribution in [0.2, 0.25) is 0 Å². The molecule has 28 heavy (non-hydrogen) atoms. The number of piperazine rings is 1.